The van der Waals surface area contributed by atoms with Crippen molar-refractivity contribution in [3.05, 3.63) is 120 Å². The Morgan fingerprint density at radius 1 is 0.806 bits per heavy atom. The summed E-state index contributed by atoms with van der Waals surface area (Å²) >= 11 is 0. The van der Waals surface area contributed by atoms with Crippen LogP contribution in [-0.2, 0) is 16.0 Å². The van der Waals surface area contributed by atoms with Crippen molar-refractivity contribution < 1.29 is 23.8 Å². The number of hydrogen-bond donors (Lipinski definition) is 2. The maximum atomic E-state index is 13.2. The number of ether oxygens (including phenoxy) is 1. The second-order valence-electron chi connectivity index (χ2n) is 8.77. The Hall–Kier alpha value is -4.45. The SMILES string of the molecule is O=C(NC(Cc1ccc(-c2ccc(F)cc2)cc1)C(=O)O)OCC1c2ccccc2-c2ccccc21. The fraction of sp³-hybridized carbons (Fsp3) is 0.133. The zero-order chi connectivity index (χ0) is 25.1. The van der Waals surface area contributed by atoms with E-state index in [0.29, 0.717) is 0 Å². The van der Waals surface area contributed by atoms with Crippen LogP contribution in [0.3, 0.4) is 0 Å². The third-order valence-electron chi connectivity index (χ3n) is 6.51. The summed E-state index contributed by atoms with van der Waals surface area (Å²) in [5.41, 5.74) is 6.89. The van der Waals surface area contributed by atoms with Gasteiger partial charge in [-0.1, -0.05) is 84.9 Å². The summed E-state index contributed by atoms with van der Waals surface area (Å²) in [4.78, 5) is 24.4. The summed E-state index contributed by atoms with van der Waals surface area (Å²) in [5, 5.41) is 12.2. The third-order valence-corrected chi connectivity index (χ3v) is 6.51. The quantitative estimate of drug-likeness (QED) is 0.338. The van der Waals surface area contributed by atoms with Crippen LogP contribution in [0, 0.1) is 5.82 Å². The molecule has 5 nitrogen and oxygen atoms in total. The first-order valence-corrected chi connectivity index (χ1v) is 11.7. The van der Waals surface area contributed by atoms with Crippen molar-refractivity contribution in [3.63, 3.8) is 0 Å². The van der Waals surface area contributed by atoms with Crippen LogP contribution in [0.5, 0.6) is 0 Å². The first kappa shape index (κ1) is 23.3. The summed E-state index contributed by atoms with van der Waals surface area (Å²) < 4.78 is 18.7. The lowest BCUT2D eigenvalue weighted by Gasteiger charge is -2.17. The van der Waals surface area contributed by atoms with E-state index in [1.54, 1.807) is 24.3 Å². The molecule has 1 unspecified atom stereocenters. The molecule has 0 heterocycles. The standard InChI is InChI=1S/C30H24FNO4/c31-22-15-13-21(14-16-22)20-11-9-19(10-12-20)17-28(29(33)34)32-30(35)36-18-27-25-7-3-1-5-23(25)24-6-2-4-8-26(24)27/h1-16,27-28H,17-18H2,(H,32,35)(H,33,34). The van der Waals surface area contributed by atoms with Crippen LogP contribution < -0.4 is 5.32 Å². The second kappa shape index (κ2) is 10.0. The van der Waals surface area contributed by atoms with Crippen LogP contribution in [0.2, 0.25) is 0 Å². The highest BCUT2D eigenvalue weighted by Gasteiger charge is 2.29. The molecule has 4 aromatic rings. The molecule has 0 saturated heterocycles. The lowest BCUT2D eigenvalue weighted by molar-refractivity contribution is -0.139. The molecule has 0 saturated carbocycles. The van der Waals surface area contributed by atoms with Gasteiger partial charge in [0, 0.05) is 12.3 Å². The van der Waals surface area contributed by atoms with Gasteiger partial charge in [0.1, 0.15) is 18.5 Å². The minimum Gasteiger partial charge on any atom is -0.480 e. The Balaban J connectivity index is 1.22. The van der Waals surface area contributed by atoms with Crippen LogP contribution in [0.1, 0.15) is 22.6 Å². The first-order chi connectivity index (χ1) is 17.5. The predicted octanol–water partition coefficient (Wildman–Crippen LogP) is 6.03. The molecule has 0 spiro atoms. The number of carbonyl (C=O) groups excluding carboxylic acids is 1. The van der Waals surface area contributed by atoms with Gasteiger partial charge in [-0.05, 0) is 51.1 Å². The lowest BCUT2D eigenvalue weighted by atomic mass is 9.98. The molecule has 0 radical (unpaired) electrons. The number of carboxylic acid groups (broad SMARTS) is 1. The number of rotatable bonds is 7. The van der Waals surface area contributed by atoms with Gasteiger partial charge in [-0.3, -0.25) is 0 Å². The summed E-state index contributed by atoms with van der Waals surface area (Å²) in [6, 6.07) is 28.3. The first-order valence-electron chi connectivity index (χ1n) is 11.7. The van der Waals surface area contributed by atoms with Crippen molar-refractivity contribution in [1.29, 1.82) is 0 Å². The molecule has 1 aliphatic carbocycles. The highest BCUT2D eigenvalue weighted by Crippen LogP contribution is 2.44. The van der Waals surface area contributed by atoms with Crippen molar-refractivity contribution in [2.75, 3.05) is 6.61 Å². The molecular formula is C30H24FNO4. The number of hydrogen-bond acceptors (Lipinski definition) is 3. The van der Waals surface area contributed by atoms with Gasteiger partial charge < -0.3 is 15.2 Å². The monoisotopic (exact) mass is 481 g/mol. The largest absolute Gasteiger partial charge is 0.480 e. The molecular weight excluding hydrogens is 457 g/mol. The van der Waals surface area contributed by atoms with E-state index in [2.05, 4.69) is 17.4 Å². The molecule has 1 aliphatic rings. The molecule has 0 bridgehead atoms. The van der Waals surface area contributed by atoms with E-state index in [1.807, 2.05) is 48.5 Å². The zero-order valence-electron chi connectivity index (χ0n) is 19.4. The van der Waals surface area contributed by atoms with E-state index in [1.165, 1.54) is 12.1 Å². The van der Waals surface area contributed by atoms with Gasteiger partial charge >= 0.3 is 12.1 Å². The molecule has 4 aromatic carbocycles. The Morgan fingerprint density at radius 3 is 1.89 bits per heavy atom. The molecule has 36 heavy (non-hydrogen) atoms. The Bertz CT molecular complexity index is 1350. The average Bonchev–Trinajstić information content (AvgIpc) is 3.22. The van der Waals surface area contributed by atoms with Crippen molar-refractivity contribution in [2.24, 2.45) is 0 Å². The molecule has 6 heteroatoms. The second-order valence-corrected chi connectivity index (χ2v) is 8.77. The number of aliphatic carboxylic acids is 1. The van der Waals surface area contributed by atoms with Crippen molar-refractivity contribution >= 4 is 12.1 Å². The van der Waals surface area contributed by atoms with Crippen molar-refractivity contribution in [1.82, 2.24) is 5.32 Å². The number of carbonyl (C=O) groups is 2. The van der Waals surface area contributed by atoms with E-state index in [0.717, 1.165) is 38.9 Å². The van der Waals surface area contributed by atoms with Gasteiger partial charge in [-0.25, -0.2) is 14.0 Å². The summed E-state index contributed by atoms with van der Waals surface area (Å²) in [7, 11) is 0. The highest BCUT2D eigenvalue weighted by molar-refractivity contribution is 5.81. The maximum absolute atomic E-state index is 13.2. The highest BCUT2D eigenvalue weighted by atomic mass is 19.1. The van der Waals surface area contributed by atoms with E-state index >= 15 is 0 Å². The summed E-state index contributed by atoms with van der Waals surface area (Å²) in [6.07, 6.45) is -0.671. The molecule has 5 rings (SSSR count). The molecule has 1 atom stereocenters. The van der Waals surface area contributed by atoms with Gasteiger partial charge in [-0.2, -0.15) is 0 Å². The smallest absolute Gasteiger partial charge is 0.407 e. The van der Waals surface area contributed by atoms with Crippen molar-refractivity contribution in [3.8, 4) is 22.3 Å². The van der Waals surface area contributed by atoms with E-state index in [4.69, 9.17) is 4.74 Å². The number of benzene rings is 4. The minimum atomic E-state index is -1.15. The lowest BCUT2D eigenvalue weighted by Crippen LogP contribution is -2.42. The van der Waals surface area contributed by atoms with Gasteiger partial charge in [0.05, 0.1) is 0 Å². The Morgan fingerprint density at radius 2 is 1.33 bits per heavy atom. The number of fused-ring (bicyclic) bond motifs is 3. The summed E-state index contributed by atoms with van der Waals surface area (Å²) in [5.74, 6) is -1.56. The van der Waals surface area contributed by atoms with E-state index in [9.17, 15) is 19.1 Å². The molecule has 0 aromatic heterocycles. The third kappa shape index (κ3) is 4.84. The number of alkyl carbamates (subject to hydrolysis) is 1. The number of amides is 1. The Kier molecular flexibility index (Phi) is 6.50. The molecule has 0 fully saturated rings. The van der Waals surface area contributed by atoms with E-state index in [-0.39, 0.29) is 24.8 Å². The van der Waals surface area contributed by atoms with Gasteiger partial charge in [0.2, 0.25) is 0 Å². The van der Waals surface area contributed by atoms with E-state index < -0.39 is 18.1 Å². The Labute approximate surface area is 208 Å². The normalized spacial score (nSPS) is 12.9. The molecule has 0 aliphatic heterocycles. The van der Waals surface area contributed by atoms with Gasteiger partial charge in [0.25, 0.3) is 0 Å². The maximum Gasteiger partial charge on any atom is 0.407 e. The number of halogens is 1. The van der Waals surface area contributed by atoms with Crippen LogP contribution in [0.15, 0.2) is 97.1 Å². The molecule has 1 amide bonds. The van der Waals surface area contributed by atoms with Crippen molar-refractivity contribution in [2.45, 2.75) is 18.4 Å². The van der Waals surface area contributed by atoms with Gasteiger partial charge in [-0.15, -0.1) is 0 Å². The van der Waals surface area contributed by atoms with Crippen LogP contribution in [0.4, 0.5) is 9.18 Å². The fourth-order valence-corrected chi connectivity index (χ4v) is 4.69. The average molecular weight is 482 g/mol. The minimum absolute atomic E-state index is 0.100. The van der Waals surface area contributed by atoms with Crippen LogP contribution in [0.25, 0.3) is 22.3 Å². The number of carboxylic acids is 1. The zero-order valence-corrected chi connectivity index (χ0v) is 19.4. The van der Waals surface area contributed by atoms with Crippen LogP contribution >= 0.6 is 0 Å². The topological polar surface area (TPSA) is 75.6 Å². The molecule has 180 valence electrons. The molecule has 2 N–H and O–H groups in total. The van der Waals surface area contributed by atoms with Gasteiger partial charge in [0.15, 0.2) is 0 Å². The number of nitrogens with one attached hydrogen (secondary N) is 1. The summed E-state index contributed by atoms with van der Waals surface area (Å²) in [6.45, 7) is 0.110. The predicted molar refractivity (Wildman–Crippen MR) is 135 cm³/mol. The fourth-order valence-electron chi connectivity index (χ4n) is 4.69. The van der Waals surface area contributed by atoms with Crippen LogP contribution in [-0.4, -0.2) is 29.8 Å².